The largest absolute Gasteiger partial charge is 0.379 e. The predicted octanol–water partition coefficient (Wildman–Crippen LogP) is 0.394. The second-order valence-corrected chi connectivity index (χ2v) is 2.16. The van der Waals surface area contributed by atoms with Gasteiger partial charge in [-0.15, -0.1) is 0 Å². The van der Waals surface area contributed by atoms with Gasteiger partial charge in [-0.3, -0.25) is 0 Å². The Balaban J connectivity index is 2.14. The third-order valence-corrected chi connectivity index (χ3v) is 1.20. The van der Waals surface area contributed by atoms with E-state index in [9.17, 15) is 0 Å². The monoisotopic (exact) mass is 132 g/mol. The standard InChI is InChI=1S/C6H12O3/c1-5-3-8-6(9-5)4-7-2/h5-6H,3-4H2,1-2H3. The molecule has 0 aromatic carbocycles. The highest BCUT2D eigenvalue weighted by Crippen LogP contribution is 2.09. The van der Waals surface area contributed by atoms with Crippen molar-refractivity contribution in [3.63, 3.8) is 0 Å². The van der Waals surface area contributed by atoms with Gasteiger partial charge < -0.3 is 14.2 Å². The van der Waals surface area contributed by atoms with Gasteiger partial charge >= 0.3 is 0 Å². The summed E-state index contributed by atoms with van der Waals surface area (Å²) in [5.74, 6) is 0. The molecular weight excluding hydrogens is 120 g/mol. The van der Waals surface area contributed by atoms with Gasteiger partial charge in [-0.25, -0.2) is 0 Å². The molecule has 0 bridgehead atoms. The van der Waals surface area contributed by atoms with Crippen LogP contribution in [0.4, 0.5) is 0 Å². The van der Waals surface area contributed by atoms with Crippen LogP contribution in [0, 0.1) is 0 Å². The van der Waals surface area contributed by atoms with Gasteiger partial charge in [0.2, 0.25) is 0 Å². The topological polar surface area (TPSA) is 27.7 Å². The highest BCUT2D eigenvalue weighted by molar-refractivity contribution is 4.58. The lowest BCUT2D eigenvalue weighted by Gasteiger charge is -2.06. The summed E-state index contributed by atoms with van der Waals surface area (Å²) in [7, 11) is 1.63. The first kappa shape index (κ1) is 6.99. The first-order valence-corrected chi connectivity index (χ1v) is 3.09. The molecule has 2 unspecified atom stereocenters. The van der Waals surface area contributed by atoms with Crippen molar-refractivity contribution in [1.82, 2.24) is 0 Å². The number of rotatable bonds is 2. The Morgan fingerprint density at radius 1 is 1.67 bits per heavy atom. The summed E-state index contributed by atoms with van der Waals surface area (Å²) in [6, 6.07) is 0. The molecule has 0 amide bonds. The van der Waals surface area contributed by atoms with Crippen molar-refractivity contribution < 1.29 is 14.2 Å². The third-order valence-electron chi connectivity index (χ3n) is 1.20. The fourth-order valence-electron chi connectivity index (χ4n) is 0.804. The molecule has 1 heterocycles. The van der Waals surface area contributed by atoms with Crippen LogP contribution in [0.25, 0.3) is 0 Å². The lowest BCUT2D eigenvalue weighted by atomic mass is 10.5. The smallest absolute Gasteiger partial charge is 0.181 e. The Hall–Kier alpha value is -0.120. The number of hydrogen-bond donors (Lipinski definition) is 0. The van der Waals surface area contributed by atoms with Gasteiger partial charge in [0.25, 0.3) is 0 Å². The normalized spacial score (nSPS) is 35.3. The Labute approximate surface area is 54.9 Å². The summed E-state index contributed by atoms with van der Waals surface area (Å²) in [4.78, 5) is 0. The predicted molar refractivity (Wildman–Crippen MR) is 32.2 cm³/mol. The van der Waals surface area contributed by atoms with Crippen LogP contribution in [-0.4, -0.2) is 32.7 Å². The van der Waals surface area contributed by atoms with Gasteiger partial charge in [-0.1, -0.05) is 0 Å². The molecule has 0 radical (unpaired) electrons. The van der Waals surface area contributed by atoms with Crippen molar-refractivity contribution >= 4 is 0 Å². The fourth-order valence-corrected chi connectivity index (χ4v) is 0.804. The molecule has 0 aromatic rings. The third kappa shape index (κ3) is 1.93. The van der Waals surface area contributed by atoms with E-state index in [0.29, 0.717) is 13.2 Å². The van der Waals surface area contributed by atoms with Crippen molar-refractivity contribution in [2.24, 2.45) is 0 Å². The second kappa shape index (κ2) is 3.15. The van der Waals surface area contributed by atoms with Gasteiger partial charge in [-0.2, -0.15) is 0 Å². The average Bonchev–Trinajstić information content (AvgIpc) is 2.17. The maximum Gasteiger partial charge on any atom is 0.181 e. The van der Waals surface area contributed by atoms with Crippen molar-refractivity contribution in [2.75, 3.05) is 20.3 Å². The Morgan fingerprint density at radius 2 is 2.44 bits per heavy atom. The van der Waals surface area contributed by atoms with Gasteiger partial charge in [0.1, 0.15) is 0 Å². The van der Waals surface area contributed by atoms with E-state index in [-0.39, 0.29) is 12.4 Å². The van der Waals surface area contributed by atoms with E-state index in [1.165, 1.54) is 0 Å². The van der Waals surface area contributed by atoms with Crippen LogP contribution in [0.5, 0.6) is 0 Å². The number of ether oxygens (including phenoxy) is 3. The van der Waals surface area contributed by atoms with Gasteiger partial charge in [0.15, 0.2) is 6.29 Å². The maximum atomic E-state index is 5.25. The molecule has 0 aliphatic carbocycles. The highest BCUT2D eigenvalue weighted by atomic mass is 16.7. The summed E-state index contributed by atoms with van der Waals surface area (Å²) in [6.45, 7) is 3.20. The van der Waals surface area contributed by atoms with Crippen LogP contribution in [0.15, 0.2) is 0 Å². The van der Waals surface area contributed by atoms with Crippen molar-refractivity contribution in [3.8, 4) is 0 Å². The lowest BCUT2D eigenvalue weighted by molar-refractivity contribution is -0.0944. The zero-order valence-electron chi connectivity index (χ0n) is 5.79. The molecule has 0 aromatic heterocycles. The van der Waals surface area contributed by atoms with Crippen LogP contribution >= 0.6 is 0 Å². The zero-order chi connectivity index (χ0) is 6.69. The molecule has 0 saturated carbocycles. The maximum absolute atomic E-state index is 5.25. The number of methoxy groups -OCH3 is 1. The van der Waals surface area contributed by atoms with Crippen molar-refractivity contribution in [1.29, 1.82) is 0 Å². The molecule has 54 valence electrons. The highest BCUT2D eigenvalue weighted by Gasteiger charge is 2.21. The molecule has 3 nitrogen and oxygen atoms in total. The zero-order valence-corrected chi connectivity index (χ0v) is 5.79. The van der Waals surface area contributed by atoms with Crippen LogP contribution in [0.2, 0.25) is 0 Å². The summed E-state index contributed by atoms with van der Waals surface area (Å²) < 4.78 is 15.2. The first-order valence-electron chi connectivity index (χ1n) is 3.09. The van der Waals surface area contributed by atoms with E-state index >= 15 is 0 Å². The first-order chi connectivity index (χ1) is 4.33. The summed E-state index contributed by atoms with van der Waals surface area (Å²) in [6.07, 6.45) is 0.0927. The molecular formula is C6H12O3. The minimum Gasteiger partial charge on any atom is -0.379 e. The van der Waals surface area contributed by atoms with E-state index < -0.39 is 0 Å². The molecule has 2 atom stereocenters. The van der Waals surface area contributed by atoms with Crippen LogP contribution in [-0.2, 0) is 14.2 Å². The Bertz CT molecular complexity index is 82.4. The van der Waals surface area contributed by atoms with Crippen molar-refractivity contribution in [3.05, 3.63) is 0 Å². The Kier molecular flexibility index (Phi) is 2.45. The summed E-state index contributed by atoms with van der Waals surface area (Å²) in [5.41, 5.74) is 0. The molecule has 0 spiro atoms. The quantitative estimate of drug-likeness (QED) is 0.544. The SMILES string of the molecule is COCC1OCC(C)O1. The Morgan fingerprint density at radius 3 is 2.89 bits per heavy atom. The average molecular weight is 132 g/mol. The fraction of sp³-hybridized carbons (Fsp3) is 1.00. The lowest BCUT2D eigenvalue weighted by Crippen LogP contribution is -2.15. The summed E-state index contributed by atoms with van der Waals surface area (Å²) >= 11 is 0. The van der Waals surface area contributed by atoms with Gasteiger partial charge in [0, 0.05) is 7.11 Å². The van der Waals surface area contributed by atoms with E-state index in [0.717, 1.165) is 0 Å². The minimum absolute atomic E-state index is 0.134. The van der Waals surface area contributed by atoms with Crippen molar-refractivity contribution in [2.45, 2.75) is 19.3 Å². The van der Waals surface area contributed by atoms with Gasteiger partial charge in [0.05, 0.1) is 19.3 Å². The van der Waals surface area contributed by atoms with E-state index in [4.69, 9.17) is 14.2 Å². The second-order valence-electron chi connectivity index (χ2n) is 2.16. The molecule has 1 rings (SSSR count). The molecule has 0 N–H and O–H groups in total. The van der Waals surface area contributed by atoms with Gasteiger partial charge in [-0.05, 0) is 6.92 Å². The van der Waals surface area contributed by atoms with Crippen LogP contribution in [0.3, 0.4) is 0 Å². The number of hydrogen-bond acceptors (Lipinski definition) is 3. The van der Waals surface area contributed by atoms with E-state index in [2.05, 4.69) is 0 Å². The molecule has 9 heavy (non-hydrogen) atoms. The summed E-state index contributed by atoms with van der Waals surface area (Å²) in [5, 5.41) is 0. The molecule has 1 fully saturated rings. The molecule has 1 aliphatic heterocycles. The van der Waals surface area contributed by atoms with Crippen LogP contribution < -0.4 is 0 Å². The van der Waals surface area contributed by atoms with E-state index in [1.807, 2.05) is 6.92 Å². The molecule has 3 heteroatoms. The molecule has 1 aliphatic rings. The van der Waals surface area contributed by atoms with E-state index in [1.54, 1.807) is 7.11 Å². The minimum atomic E-state index is -0.134. The molecule has 1 saturated heterocycles. The van der Waals surface area contributed by atoms with Crippen LogP contribution in [0.1, 0.15) is 6.92 Å².